The van der Waals surface area contributed by atoms with E-state index in [-0.39, 0.29) is 5.41 Å². The Kier molecular flexibility index (Phi) is 3.74. The first-order valence-corrected chi connectivity index (χ1v) is 7.80. The van der Waals surface area contributed by atoms with Crippen LogP contribution in [0.2, 0.25) is 0 Å². The summed E-state index contributed by atoms with van der Waals surface area (Å²) in [6, 6.07) is 7.86. The Labute approximate surface area is 121 Å². The van der Waals surface area contributed by atoms with E-state index >= 15 is 0 Å². The Balaban J connectivity index is 1.82. The third-order valence-corrected chi connectivity index (χ3v) is 5.45. The van der Waals surface area contributed by atoms with Crippen LogP contribution in [0.4, 0.5) is 0 Å². The van der Waals surface area contributed by atoms with E-state index in [0.717, 1.165) is 23.7 Å². The molecule has 1 aromatic rings. The molecule has 1 aromatic carbocycles. The number of rotatable bonds is 5. The molecule has 20 heavy (non-hydrogen) atoms. The zero-order chi connectivity index (χ0) is 14.2. The number of nitrogens with two attached hydrogens (primary N) is 1. The number of aliphatic hydroxyl groups excluding tert-OH is 1. The lowest BCUT2D eigenvalue weighted by molar-refractivity contribution is -0.0130. The van der Waals surface area contributed by atoms with Gasteiger partial charge in [0.05, 0.1) is 12.7 Å². The van der Waals surface area contributed by atoms with E-state index < -0.39 is 6.10 Å². The fourth-order valence-electron chi connectivity index (χ4n) is 4.43. The fourth-order valence-corrected chi connectivity index (χ4v) is 4.43. The van der Waals surface area contributed by atoms with Gasteiger partial charge in [-0.2, -0.15) is 0 Å². The van der Waals surface area contributed by atoms with Crippen molar-refractivity contribution in [2.45, 2.75) is 38.7 Å². The zero-order valence-corrected chi connectivity index (χ0v) is 12.2. The average molecular weight is 275 g/mol. The van der Waals surface area contributed by atoms with Crippen molar-refractivity contribution >= 4 is 0 Å². The van der Waals surface area contributed by atoms with Gasteiger partial charge in [-0.1, -0.05) is 18.6 Å². The summed E-state index contributed by atoms with van der Waals surface area (Å²) in [6.45, 7) is 3.22. The van der Waals surface area contributed by atoms with Gasteiger partial charge in [0.25, 0.3) is 0 Å². The van der Waals surface area contributed by atoms with Crippen LogP contribution < -0.4 is 10.5 Å². The second-order valence-corrected chi connectivity index (χ2v) is 6.42. The molecule has 3 N–H and O–H groups in total. The third-order valence-electron chi connectivity index (χ3n) is 5.45. The lowest BCUT2D eigenvalue weighted by Gasteiger charge is -2.41. The molecule has 0 saturated heterocycles. The van der Waals surface area contributed by atoms with Gasteiger partial charge in [-0.05, 0) is 55.7 Å². The maximum atomic E-state index is 10.9. The molecule has 0 spiro atoms. The van der Waals surface area contributed by atoms with Gasteiger partial charge in [-0.15, -0.1) is 0 Å². The van der Waals surface area contributed by atoms with Crippen LogP contribution in [-0.2, 0) is 0 Å². The molecule has 0 amide bonds. The summed E-state index contributed by atoms with van der Waals surface area (Å²) >= 11 is 0. The molecule has 110 valence electrons. The smallest absolute Gasteiger partial charge is 0.119 e. The molecule has 2 saturated carbocycles. The van der Waals surface area contributed by atoms with Gasteiger partial charge >= 0.3 is 0 Å². The standard InChI is InChI=1S/C17H25NO2/c1-2-20-15-7-4-13(5-8-15)16(19)17(11-18)10-12-3-6-14(17)9-12/h4-5,7-8,12,14,16,19H,2-3,6,9-11,18H2,1H3. The lowest BCUT2D eigenvalue weighted by atomic mass is 9.67. The highest BCUT2D eigenvalue weighted by atomic mass is 16.5. The van der Waals surface area contributed by atoms with Crippen molar-refractivity contribution in [3.05, 3.63) is 29.8 Å². The second-order valence-electron chi connectivity index (χ2n) is 6.42. The first-order valence-electron chi connectivity index (χ1n) is 7.80. The van der Waals surface area contributed by atoms with Crippen LogP contribution in [0, 0.1) is 17.3 Å². The van der Waals surface area contributed by atoms with Gasteiger partial charge in [0.1, 0.15) is 5.75 Å². The Bertz CT molecular complexity index is 459. The van der Waals surface area contributed by atoms with Crippen molar-refractivity contribution in [3.63, 3.8) is 0 Å². The zero-order valence-electron chi connectivity index (χ0n) is 12.2. The molecule has 4 atom stereocenters. The topological polar surface area (TPSA) is 55.5 Å². The lowest BCUT2D eigenvalue weighted by Crippen LogP contribution is -2.41. The Morgan fingerprint density at radius 2 is 2.10 bits per heavy atom. The van der Waals surface area contributed by atoms with E-state index in [2.05, 4.69) is 0 Å². The number of ether oxygens (including phenoxy) is 1. The number of benzene rings is 1. The largest absolute Gasteiger partial charge is 0.494 e. The minimum absolute atomic E-state index is 0.101. The maximum absolute atomic E-state index is 10.9. The summed E-state index contributed by atoms with van der Waals surface area (Å²) in [5.74, 6) is 2.23. The van der Waals surface area contributed by atoms with Crippen LogP contribution in [0.25, 0.3) is 0 Å². The van der Waals surface area contributed by atoms with Gasteiger partial charge in [0.2, 0.25) is 0 Å². The van der Waals surface area contributed by atoms with Crippen LogP contribution >= 0.6 is 0 Å². The van der Waals surface area contributed by atoms with Crippen LogP contribution in [0.1, 0.15) is 44.3 Å². The highest BCUT2D eigenvalue weighted by molar-refractivity contribution is 5.30. The Morgan fingerprint density at radius 1 is 1.35 bits per heavy atom. The quantitative estimate of drug-likeness (QED) is 0.868. The van der Waals surface area contributed by atoms with E-state index in [1.54, 1.807) is 0 Å². The summed E-state index contributed by atoms with van der Waals surface area (Å²) in [5, 5.41) is 10.9. The third kappa shape index (κ3) is 2.13. The normalized spacial score (nSPS) is 33.4. The van der Waals surface area contributed by atoms with E-state index in [4.69, 9.17) is 10.5 Å². The fraction of sp³-hybridized carbons (Fsp3) is 0.647. The number of fused-ring (bicyclic) bond motifs is 2. The van der Waals surface area contributed by atoms with Crippen LogP contribution in [0.5, 0.6) is 5.75 Å². The molecule has 2 bridgehead atoms. The predicted molar refractivity (Wildman–Crippen MR) is 79.5 cm³/mol. The molecule has 0 radical (unpaired) electrons. The molecular weight excluding hydrogens is 250 g/mol. The monoisotopic (exact) mass is 275 g/mol. The summed E-state index contributed by atoms with van der Waals surface area (Å²) in [7, 11) is 0. The van der Waals surface area contributed by atoms with Crippen molar-refractivity contribution in [1.82, 2.24) is 0 Å². The molecule has 3 nitrogen and oxygen atoms in total. The van der Waals surface area contributed by atoms with Crippen LogP contribution in [-0.4, -0.2) is 18.3 Å². The number of hydrogen-bond acceptors (Lipinski definition) is 3. The van der Waals surface area contributed by atoms with Crippen molar-refractivity contribution in [2.24, 2.45) is 23.0 Å². The molecule has 0 aromatic heterocycles. The molecule has 2 aliphatic rings. The van der Waals surface area contributed by atoms with Crippen molar-refractivity contribution in [1.29, 1.82) is 0 Å². The van der Waals surface area contributed by atoms with E-state index in [9.17, 15) is 5.11 Å². The SMILES string of the molecule is CCOc1ccc(C(O)C2(CN)CC3CCC2C3)cc1. The summed E-state index contributed by atoms with van der Waals surface area (Å²) in [4.78, 5) is 0. The molecule has 2 aliphatic carbocycles. The summed E-state index contributed by atoms with van der Waals surface area (Å²) < 4.78 is 5.46. The number of hydrogen-bond donors (Lipinski definition) is 2. The van der Waals surface area contributed by atoms with E-state index in [1.807, 2.05) is 31.2 Å². The first-order chi connectivity index (χ1) is 9.69. The first kappa shape index (κ1) is 13.9. The van der Waals surface area contributed by atoms with Gasteiger partial charge in [0.15, 0.2) is 0 Å². The molecule has 0 aliphatic heterocycles. The Morgan fingerprint density at radius 3 is 2.60 bits per heavy atom. The van der Waals surface area contributed by atoms with E-state index in [0.29, 0.717) is 19.1 Å². The molecule has 3 heteroatoms. The summed E-state index contributed by atoms with van der Waals surface area (Å²) in [5.41, 5.74) is 6.96. The highest BCUT2D eigenvalue weighted by Gasteiger charge is 2.54. The molecule has 0 heterocycles. The molecule has 2 fully saturated rings. The average Bonchev–Trinajstić information content (AvgIpc) is 3.09. The highest BCUT2D eigenvalue weighted by Crippen LogP contribution is 2.60. The molecule has 3 rings (SSSR count). The van der Waals surface area contributed by atoms with Crippen LogP contribution in [0.15, 0.2) is 24.3 Å². The predicted octanol–water partition coefficient (Wildman–Crippen LogP) is 2.88. The van der Waals surface area contributed by atoms with Crippen molar-refractivity contribution in [2.75, 3.05) is 13.2 Å². The summed E-state index contributed by atoms with van der Waals surface area (Å²) in [6.07, 6.45) is 4.45. The van der Waals surface area contributed by atoms with Gasteiger partial charge in [0, 0.05) is 12.0 Å². The van der Waals surface area contributed by atoms with Gasteiger partial charge < -0.3 is 15.6 Å². The second kappa shape index (κ2) is 5.38. The minimum atomic E-state index is -0.446. The van der Waals surface area contributed by atoms with Gasteiger partial charge in [-0.3, -0.25) is 0 Å². The van der Waals surface area contributed by atoms with E-state index in [1.165, 1.54) is 19.3 Å². The minimum Gasteiger partial charge on any atom is -0.494 e. The number of aliphatic hydroxyl groups is 1. The molecular formula is C17H25NO2. The maximum Gasteiger partial charge on any atom is 0.119 e. The molecule has 4 unspecified atom stereocenters. The van der Waals surface area contributed by atoms with Gasteiger partial charge in [-0.25, -0.2) is 0 Å². The Hall–Kier alpha value is -1.06. The van der Waals surface area contributed by atoms with Crippen molar-refractivity contribution < 1.29 is 9.84 Å². The van der Waals surface area contributed by atoms with Crippen molar-refractivity contribution in [3.8, 4) is 5.75 Å². The van der Waals surface area contributed by atoms with Crippen LogP contribution in [0.3, 0.4) is 0 Å².